The number of benzene rings is 1. The summed E-state index contributed by atoms with van der Waals surface area (Å²) in [6, 6.07) is 5.84. The average molecular weight is 309 g/mol. The van der Waals surface area contributed by atoms with Gasteiger partial charge in [-0.1, -0.05) is 25.4 Å². The highest BCUT2D eigenvalue weighted by Gasteiger charge is 2.23. The third kappa shape index (κ3) is 4.13. The van der Waals surface area contributed by atoms with Gasteiger partial charge in [0.25, 0.3) is 5.91 Å². The molecule has 1 aliphatic rings. The Morgan fingerprint density at radius 2 is 1.90 bits per heavy atom. The molecular formula is C17H25ClN2O. The molecule has 1 aromatic carbocycles. The van der Waals surface area contributed by atoms with Gasteiger partial charge >= 0.3 is 0 Å². The van der Waals surface area contributed by atoms with Crippen LogP contribution in [0, 0.1) is 11.8 Å². The molecule has 1 saturated carbocycles. The summed E-state index contributed by atoms with van der Waals surface area (Å²) >= 11 is 6.25. The van der Waals surface area contributed by atoms with Crippen molar-refractivity contribution in [3.05, 3.63) is 28.8 Å². The Bertz CT molecular complexity index is 494. The zero-order valence-electron chi connectivity index (χ0n) is 13.1. The number of carbonyl (C=O) groups is 1. The second-order valence-electron chi connectivity index (χ2n) is 6.27. The van der Waals surface area contributed by atoms with E-state index in [1.54, 1.807) is 19.2 Å². The van der Waals surface area contributed by atoms with Crippen LogP contribution >= 0.6 is 11.6 Å². The van der Waals surface area contributed by atoms with Crippen molar-refractivity contribution in [2.24, 2.45) is 11.8 Å². The maximum Gasteiger partial charge on any atom is 0.251 e. The maximum absolute atomic E-state index is 11.7. The van der Waals surface area contributed by atoms with Gasteiger partial charge < -0.3 is 10.6 Å². The first kappa shape index (κ1) is 16.2. The number of hydrogen-bond donors (Lipinski definition) is 2. The Hall–Kier alpha value is -1.22. The lowest BCUT2D eigenvalue weighted by Crippen LogP contribution is -2.28. The fourth-order valence-electron chi connectivity index (χ4n) is 3.07. The topological polar surface area (TPSA) is 41.1 Å². The van der Waals surface area contributed by atoms with Crippen LogP contribution in [0.1, 0.15) is 49.9 Å². The molecule has 0 bridgehead atoms. The Morgan fingerprint density at radius 3 is 2.48 bits per heavy atom. The molecule has 1 amide bonds. The molecule has 0 radical (unpaired) electrons. The van der Waals surface area contributed by atoms with E-state index < -0.39 is 0 Å². The van der Waals surface area contributed by atoms with E-state index in [2.05, 4.69) is 24.5 Å². The summed E-state index contributed by atoms with van der Waals surface area (Å²) in [7, 11) is 1.64. The molecule has 0 heterocycles. The Kier molecular flexibility index (Phi) is 5.51. The molecule has 0 aliphatic heterocycles. The lowest BCUT2D eigenvalue weighted by atomic mass is 9.79. The van der Waals surface area contributed by atoms with E-state index in [1.165, 1.54) is 25.7 Å². The lowest BCUT2D eigenvalue weighted by molar-refractivity contribution is 0.0963. The normalized spacial score (nSPS) is 22.1. The van der Waals surface area contributed by atoms with Crippen LogP contribution in [-0.4, -0.2) is 19.0 Å². The van der Waals surface area contributed by atoms with Crippen molar-refractivity contribution in [3.8, 4) is 0 Å². The minimum Gasteiger partial charge on any atom is -0.381 e. The summed E-state index contributed by atoms with van der Waals surface area (Å²) in [6.07, 6.45) is 4.87. The monoisotopic (exact) mass is 308 g/mol. The van der Waals surface area contributed by atoms with Crippen LogP contribution in [-0.2, 0) is 0 Å². The van der Waals surface area contributed by atoms with E-state index in [-0.39, 0.29) is 5.91 Å². The van der Waals surface area contributed by atoms with Crippen molar-refractivity contribution in [2.45, 2.75) is 45.6 Å². The Labute approximate surface area is 132 Å². The Balaban J connectivity index is 2.01. The minimum atomic E-state index is -0.0850. The van der Waals surface area contributed by atoms with Gasteiger partial charge in [0, 0.05) is 18.7 Å². The molecule has 0 spiro atoms. The summed E-state index contributed by atoms with van der Waals surface area (Å²) in [4.78, 5) is 11.7. The molecule has 1 aromatic rings. The van der Waals surface area contributed by atoms with Crippen LogP contribution in [0.5, 0.6) is 0 Å². The number of nitrogens with one attached hydrogen (secondary N) is 2. The van der Waals surface area contributed by atoms with Crippen molar-refractivity contribution in [2.75, 3.05) is 12.4 Å². The van der Waals surface area contributed by atoms with Crippen LogP contribution in [0.2, 0.25) is 5.02 Å². The predicted molar refractivity (Wildman–Crippen MR) is 89.0 cm³/mol. The molecule has 3 nitrogen and oxygen atoms in total. The molecule has 2 rings (SSSR count). The molecule has 0 atom stereocenters. The smallest absolute Gasteiger partial charge is 0.251 e. The fraction of sp³-hybridized carbons (Fsp3) is 0.588. The van der Waals surface area contributed by atoms with Gasteiger partial charge in [0.05, 0.1) is 10.7 Å². The number of amides is 1. The first-order valence-corrected chi connectivity index (χ1v) is 8.17. The highest BCUT2D eigenvalue weighted by Crippen LogP contribution is 2.33. The molecule has 21 heavy (non-hydrogen) atoms. The van der Waals surface area contributed by atoms with Crippen molar-refractivity contribution in [1.82, 2.24) is 5.32 Å². The van der Waals surface area contributed by atoms with Gasteiger partial charge in [-0.05, 0) is 55.7 Å². The van der Waals surface area contributed by atoms with Crippen molar-refractivity contribution in [1.29, 1.82) is 0 Å². The van der Waals surface area contributed by atoms with Crippen molar-refractivity contribution >= 4 is 23.2 Å². The van der Waals surface area contributed by atoms with Crippen LogP contribution in [0.3, 0.4) is 0 Å². The number of halogens is 1. The zero-order valence-corrected chi connectivity index (χ0v) is 13.8. The zero-order chi connectivity index (χ0) is 15.4. The summed E-state index contributed by atoms with van der Waals surface area (Å²) < 4.78 is 0. The lowest BCUT2D eigenvalue weighted by Gasteiger charge is -2.32. The van der Waals surface area contributed by atoms with E-state index in [9.17, 15) is 4.79 Å². The van der Waals surface area contributed by atoms with E-state index in [0.717, 1.165) is 17.5 Å². The standard InChI is InChI=1S/C17H25ClN2O/c1-11(2)12-4-7-14(8-5-12)20-16-10-13(17(21)19-3)6-9-15(16)18/h6,9-12,14,20H,4-5,7-8H2,1-3H3,(H,19,21). The van der Waals surface area contributed by atoms with Gasteiger partial charge in [0.15, 0.2) is 0 Å². The van der Waals surface area contributed by atoms with E-state index in [4.69, 9.17) is 11.6 Å². The summed E-state index contributed by atoms with van der Waals surface area (Å²) in [5.41, 5.74) is 1.51. The second-order valence-corrected chi connectivity index (χ2v) is 6.68. The maximum atomic E-state index is 11.7. The SMILES string of the molecule is CNC(=O)c1ccc(Cl)c(NC2CCC(C(C)C)CC2)c1. The van der Waals surface area contributed by atoms with Crippen LogP contribution in [0.15, 0.2) is 18.2 Å². The largest absolute Gasteiger partial charge is 0.381 e. The van der Waals surface area contributed by atoms with Gasteiger partial charge in [-0.15, -0.1) is 0 Å². The third-order valence-corrected chi connectivity index (χ3v) is 4.86. The molecule has 2 N–H and O–H groups in total. The van der Waals surface area contributed by atoms with Crippen molar-refractivity contribution in [3.63, 3.8) is 0 Å². The summed E-state index contributed by atoms with van der Waals surface area (Å²) in [6.45, 7) is 4.62. The quantitative estimate of drug-likeness (QED) is 0.869. The summed E-state index contributed by atoms with van der Waals surface area (Å²) in [5, 5.41) is 6.83. The number of hydrogen-bond acceptors (Lipinski definition) is 2. The van der Waals surface area contributed by atoms with Crippen LogP contribution in [0.25, 0.3) is 0 Å². The van der Waals surface area contributed by atoms with Gasteiger partial charge in [0.1, 0.15) is 0 Å². The summed E-state index contributed by atoms with van der Waals surface area (Å²) in [5.74, 6) is 1.53. The molecule has 0 aromatic heterocycles. The van der Waals surface area contributed by atoms with Crippen LogP contribution < -0.4 is 10.6 Å². The molecule has 4 heteroatoms. The number of anilines is 1. The molecule has 0 saturated heterocycles. The van der Waals surface area contributed by atoms with Gasteiger partial charge in [-0.25, -0.2) is 0 Å². The third-order valence-electron chi connectivity index (χ3n) is 4.53. The first-order chi connectivity index (χ1) is 10.0. The van der Waals surface area contributed by atoms with Crippen LogP contribution in [0.4, 0.5) is 5.69 Å². The second kappa shape index (κ2) is 7.17. The molecule has 0 unspecified atom stereocenters. The highest BCUT2D eigenvalue weighted by atomic mass is 35.5. The predicted octanol–water partition coefficient (Wildman–Crippen LogP) is 4.33. The first-order valence-electron chi connectivity index (χ1n) is 7.79. The van der Waals surface area contributed by atoms with Gasteiger partial charge in [0.2, 0.25) is 0 Å². The van der Waals surface area contributed by atoms with Gasteiger partial charge in [-0.2, -0.15) is 0 Å². The van der Waals surface area contributed by atoms with Gasteiger partial charge in [-0.3, -0.25) is 4.79 Å². The van der Waals surface area contributed by atoms with Crippen molar-refractivity contribution < 1.29 is 4.79 Å². The fourth-order valence-corrected chi connectivity index (χ4v) is 3.24. The number of carbonyl (C=O) groups excluding carboxylic acids is 1. The highest BCUT2D eigenvalue weighted by molar-refractivity contribution is 6.33. The van der Waals surface area contributed by atoms with E-state index in [0.29, 0.717) is 16.6 Å². The Morgan fingerprint density at radius 1 is 1.24 bits per heavy atom. The molecule has 1 fully saturated rings. The van der Waals surface area contributed by atoms with E-state index >= 15 is 0 Å². The molecule has 1 aliphatic carbocycles. The molecular weight excluding hydrogens is 284 g/mol. The minimum absolute atomic E-state index is 0.0850. The average Bonchev–Trinajstić information content (AvgIpc) is 2.49. The number of rotatable bonds is 4. The molecule has 116 valence electrons. The van der Waals surface area contributed by atoms with E-state index in [1.807, 2.05) is 6.07 Å².